The molecule has 0 fully saturated rings. The number of carbonyl (C=O) groups is 1. The number of aromatic nitrogens is 3. The predicted octanol–water partition coefficient (Wildman–Crippen LogP) is -0.0726. The monoisotopic (exact) mass is 247 g/mol. The van der Waals surface area contributed by atoms with Gasteiger partial charge in [-0.1, -0.05) is 18.2 Å². The number of hydrogen-bond acceptors (Lipinski definition) is 4. The molecule has 0 atom stereocenters. The fourth-order valence-corrected chi connectivity index (χ4v) is 1.50. The lowest BCUT2D eigenvalue weighted by Gasteiger charge is -2.06. The minimum atomic E-state index is -1.49. The van der Waals surface area contributed by atoms with Crippen molar-refractivity contribution < 1.29 is 9.90 Å². The fraction of sp³-hybridized carbons (Fsp3) is 0.0909. The maximum Gasteiger partial charge on any atom is 0.362 e. The Bertz CT molecular complexity index is 730. The average molecular weight is 247 g/mol. The standard InChI is InChI=1S/C11H9N3O4/c1-6-4-2-3-5-7(6)14-11(18)12-9(15)8(13-14)10(16)17/h2-5H,1H3,(H,16,17)(H,12,15,18). The van der Waals surface area contributed by atoms with E-state index in [1.165, 1.54) is 0 Å². The maximum atomic E-state index is 11.6. The second-order valence-electron chi connectivity index (χ2n) is 3.61. The Morgan fingerprint density at radius 1 is 1.33 bits per heavy atom. The molecular formula is C11H9N3O4. The van der Waals surface area contributed by atoms with Gasteiger partial charge in [0.25, 0.3) is 5.56 Å². The van der Waals surface area contributed by atoms with Crippen LogP contribution >= 0.6 is 0 Å². The normalized spacial score (nSPS) is 10.3. The van der Waals surface area contributed by atoms with Crippen molar-refractivity contribution in [3.05, 3.63) is 56.4 Å². The van der Waals surface area contributed by atoms with E-state index in [1.54, 1.807) is 31.2 Å². The van der Waals surface area contributed by atoms with Crippen molar-refractivity contribution >= 4 is 5.97 Å². The molecule has 0 spiro atoms. The summed E-state index contributed by atoms with van der Waals surface area (Å²) in [4.78, 5) is 35.6. The third kappa shape index (κ3) is 1.93. The zero-order valence-electron chi connectivity index (χ0n) is 9.38. The molecule has 92 valence electrons. The Morgan fingerprint density at radius 2 is 2.00 bits per heavy atom. The van der Waals surface area contributed by atoms with E-state index in [0.717, 1.165) is 10.2 Å². The molecule has 0 aliphatic heterocycles. The smallest absolute Gasteiger partial charge is 0.362 e. The quantitative estimate of drug-likeness (QED) is 0.772. The van der Waals surface area contributed by atoms with E-state index in [2.05, 4.69) is 5.10 Å². The molecule has 2 rings (SSSR count). The lowest BCUT2D eigenvalue weighted by Crippen LogP contribution is -2.35. The summed E-state index contributed by atoms with van der Waals surface area (Å²) in [7, 11) is 0. The summed E-state index contributed by atoms with van der Waals surface area (Å²) in [5.41, 5.74) is -1.37. The molecule has 0 radical (unpaired) electrons. The van der Waals surface area contributed by atoms with Crippen molar-refractivity contribution in [3.63, 3.8) is 0 Å². The molecular weight excluding hydrogens is 238 g/mol. The highest BCUT2D eigenvalue weighted by molar-refractivity contribution is 5.84. The average Bonchev–Trinajstić information content (AvgIpc) is 2.30. The van der Waals surface area contributed by atoms with Gasteiger partial charge in [-0.25, -0.2) is 9.59 Å². The van der Waals surface area contributed by atoms with E-state index in [0.29, 0.717) is 5.69 Å². The Morgan fingerprint density at radius 3 is 2.61 bits per heavy atom. The van der Waals surface area contributed by atoms with Crippen LogP contribution in [0.25, 0.3) is 5.69 Å². The summed E-state index contributed by atoms with van der Waals surface area (Å²) < 4.78 is 0.861. The molecule has 0 amide bonds. The van der Waals surface area contributed by atoms with Crippen molar-refractivity contribution in [3.8, 4) is 5.69 Å². The van der Waals surface area contributed by atoms with Crippen molar-refractivity contribution in [1.82, 2.24) is 14.8 Å². The Hall–Kier alpha value is -2.70. The van der Waals surface area contributed by atoms with Gasteiger partial charge in [0.05, 0.1) is 5.69 Å². The number of benzene rings is 1. The summed E-state index contributed by atoms with van der Waals surface area (Å²) in [5.74, 6) is -1.49. The minimum Gasteiger partial charge on any atom is -0.476 e. The lowest BCUT2D eigenvalue weighted by atomic mass is 10.2. The van der Waals surface area contributed by atoms with Gasteiger partial charge < -0.3 is 5.11 Å². The van der Waals surface area contributed by atoms with Crippen molar-refractivity contribution in [2.45, 2.75) is 6.92 Å². The molecule has 0 bridgehead atoms. The summed E-state index contributed by atoms with van der Waals surface area (Å²) in [6.07, 6.45) is 0. The Labute approximate surface area is 100 Å². The molecule has 0 aliphatic carbocycles. The van der Waals surface area contributed by atoms with E-state index < -0.39 is 22.9 Å². The number of carboxylic acids is 1. The van der Waals surface area contributed by atoms with Crippen LogP contribution in [0, 0.1) is 6.92 Å². The highest BCUT2D eigenvalue weighted by Crippen LogP contribution is 2.08. The van der Waals surface area contributed by atoms with Crippen LogP contribution in [0.1, 0.15) is 16.1 Å². The molecule has 2 aromatic rings. The third-order valence-electron chi connectivity index (χ3n) is 2.37. The van der Waals surface area contributed by atoms with E-state index in [4.69, 9.17) is 5.11 Å². The Balaban J connectivity index is 2.77. The molecule has 7 nitrogen and oxygen atoms in total. The molecule has 1 aromatic heterocycles. The minimum absolute atomic E-state index is 0.418. The molecule has 0 unspecified atom stereocenters. The largest absolute Gasteiger partial charge is 0.476 e. The first kappa shape index (κ1) is 11.8. The highest BCUT2D eigenvalue weighted by atomic mass is 16.4. The lowest BCUT2D eigenvalue weighted by molar-refractivity contribution is 0.0685. The van der Waals surface area contributed by atoms with Gasteiger partial charge in [-0.15, -0.1) is 0 Å². The number of carboxylic acid groups (broad SMARTS) is 1. The number of nitrogens with one attached hydrogen (secondary N) is 1. The first-order valence-corrected chi connectivity index (χ1v) is 5.03. The Kier molecular flexibility index (Phi) is 2.80. The molecule has 0 aliphatic rings. The van der Waals surface area contributed by atoms with Crippen LogP contribution in [0.5, 0.6) is 0 Å². The zero-order valence-corrected chi connectivity index (χ0v) is 9.38. The molecule has 0 saturated carbocycles. The summed E-state index contributed by atoms with van der Waals surface area (Å²) >= 11 is 0. The molecule has 0 saturated heterocycles. The van der Waals surface area contributed by atoms with Gasteiger partial charge in [0.15, 0.2) is 0 Å². The third-order valence-corrected chi connectivity index (χ3v) is 2.37. The van der Waals surface area contributed by atoms with E-state index in [9.17, 15) is 14.4 Å². The summed E-state index contributed by atoms with van der Waals surface area (Å²) in [5, 5.41) is 12.4. The van der Waals surface area contributed by atoms with Gasteiger partial charge in [-0.05, 0) is 18.6 Å². The van der Waals surface area contributed by atoms with Gasteiger partial charge in [-0.3, -0.25) is 9.78 Å². The number of hydrogen-bond donors (Lipinski definition) is 2. The number of aryl methyl sites for hydroxylation is 1. The molecule has 1 aromatic carbocycles. The fourth-order valence-electron chi connectivity index (χ4n) is 1.50. The number of aromatic carboxylic acids is 1. The zero-order chi connectivity index (χ0) is 13.3. The van der Waals surface area contributed by atoms with Gasteiger partial charge in [0.1, 0.15) is 0 Å². The maximum absolute atomic E-state index is 11.6. The number of para-hydroxylation sites is 1. The summed E-state index contributed by atoms with van der Waals surface area (Å²) in [6, 6.07) is 6.80. The van der Waals surface area contributed by atoms with E-state index in [-0.39, 0.29) is 0 Å². The van der Waals surface area contributed by atoms with Gasteiger partial charge >= 0.3 is 11.7 Å². The topological polar surface area (TPSA) is 105 Å². The number of H-pyrrole nitrogens is 1. The first-order valence-electron chi connectivity index (χ1n) is 5.03. The second kappa shape index (κ2) is 4.28. The van der Waals surface area contributed by atoms with Gasteiger partial charge in [0, 0.05) is 0 Å². The predicted molar refractivity (Wildman–Crippen MR) is 62.2 cm³/mol. The van der Waals surface area contributed by atoms with Crippen molar-refractivity contribution in [2.24, 2.45) is 0 Å². The van der Waals surface area contributed by atoms with Crippen LogP contribution < -0.4 is 11.2 Å². The number of aromatic amines is 1. The van der Waals surface area contributed by atoms with Crippen molar-refractivity contribution in [1.29, 1.82) is 0 Å². The molecule has 7 heteroatoms. The first-order chi connectivity index (χ1) is 8.50. The van der Waals surface area contributed by atoms with E-state index in [1.807, 2.05) is 4.98 Å². The second-order valence-corrected chi connectivity index (χ2v) is 3.61. The number of rotatable bonds is 2. The molecule has 1 heterocycles. The van der Waals surface area contributed by atoms with Crippen LogP contribution in [0.2, 0.25) is 0 Å². The van der Waals surface area contributed by atoms with Crippen molar-refractivity contribution in [2.75, 3.05) is 0 Å². The van der Waals surface area contributed by atoms with Gasteiger partial charge in [-0.2, -0.15) is 9.78 Å². The van der Waals surface area contributed by atoms with Crippen LogP contribution in [0.3, 0.4) is 0 Å². The van der Waals surface area contributed by atoms with Crippen LogP contribution in [-0.4, -0.2) is 25.8 Å². The van der Waals surface area contributed by atoms with Gasteiger partial charge in [0.2, 0.25) is 5.69 Å². The van der Waals surface area contributed by atoms with Crippen LogP contribution in [0.15, 0.2) is 33.9 Å². The number of nitrogens with zero attached hydrogens (tertiary/aromatic N) is 2. The summed E-state index contributed by atoms with van der Waals surface area (Å²) in [6.45, 7) is 1.75. The van der Waals surface area contributed by atoms with Crippen LogP contribution in [-0.2, 0) is 0 Å². The SMILES string of the molecule is Cc1ccccc1-n1nc(C(=O)O)c(=O)[nH]c1=O. The highest BCUT2D eigenvalue weighted by Gasteiger charge is 2.15. The molecule has 18 heavy (non-hydrogen) atoms. The van der Waals surface area contributed by atoms with Crippen LogP contribution in [0.4, 0.5) is 0 Å². The molecule has 2 N–H and O–H groups in total. The van der Waals surface area contributed by atoms with E-state index >= 15 is 0 Å².